The molecule has 1 amide bonds. The molecule has 5 rings (SSSR count). The van der Waals surface area contributed by atoms with Gasteiger partial charge in [-0.05, 0) is 54.5 Å². The van der Waals surface area contributed by atoms with E-state index in [1.54, 1.807) is 12.3 Å². The number of amides is 1. The summed E-state index contributed by atoms with van der Waals surface area (Å²) >= 11 is 0. The SMILES string of the molecule is O=C1OC[C@@H]2C(/C=C/c3ccc(-c4cccc(F)c4)cn3)[C@@H]3CCCCC3CN12. The van der Waals surface area contributed by atoms with Gasteiger partial charge >= 0.3 is 6.09 Å². The van der Waals surface area contributed by atoms with Crippen molar-refractivity contribution < 1.29 is 13.9 Å². The van der Waals surface area contributed by atoms with Gasteiger partial charge < -0.3 is 9.64 Å². The minimum atomic E-state index is -0.247. The van der Waals surface area contributed by atoms with Gasteiger partial charge in [-0.2, -0.15) is 0 Å². The summed E-state index contributed by atoms with van der Waals surface area (Å²) in [7, 11) is 0. The highest BCUT2D eigenvalue weighted by Gasteiger charge is 2.48. The standard InChI is InChI=1S/C24H25FN2O2/c25-19-6-3-5-16(12-19)17-8-9-20(26-13-17)10-11-22-21-7-2-1-4-18(21)14-27-23(22)15-29-24(27)28/h3,5-6,8-13,18,21-23H,1-2,4,7,14-15H2/b11-10+/t18?,21-,22?,23-/m1/s1. The van der Waals surface area contributed by atoms with Gasteiger partial charge in [0.1, 0.15) is 12.4 Å². The van der Waals surface area contributed by atoms with Crippen LogP contribution in [0.25, 0.3) is 17.2 Å². The molecular formula is C24H25FN2O2. The molecule has 4 atom stereocenters. The number of rotatable bonds is 3. The summed E-state index contributed by atoms with van der Waals surface area (Å²) in [6, 6.07) is 10.6. The number of pyridine rings is 1. The highest BCUT2D eigenvalue weighted by atomic mass is 19.1. The molecule has 5 heteroatoms. The monoisotopic (exact) mass is 392 g/mol. The van der Waals surface area contributed by atoms with E-state index in [-0.39, 0.29) is 18.0 Å². The third-order valence-electron chi connectivity index (χ3n) is 6.78. The van der Waals surface area contributed by atoms with E-state index in [1.807, 2.05) is 23.1 Å². The van der Waals surface area contributed by atoms with Crippen molar-refractivity contribution in [2.45, 2.75) is 31.7 Å². The molecule has 150 valence electrons. The normalized spacial score (nSPS) is 28.9. The van der Waals surface area contributed by atoms with Crippen molar-refractivity contribution in [2.75, 3.05) is 13.2 Å². The second-order valence-corrected chi connectivity index (χ2v) is 8.42. The van der Waals surface area contributed by atoms with Crippen molar-refractivity contribution in [2.24, 2.45) is 17.8 Å². The Balaban J connectivity index is 1.37. The maximum absolute atomic E-state index is 13.5. The fourth-order valence-electron chi connectivity index (χ4n) is 5.32. The Morgan fingerprint density at radius 3 is 2.86 bits per heavy atom. The average Bonchev–Trinajstić information content (AvgIpc) is 3.12. The first-order chi connectivity index (χ1) is 14.2. The molecule has 2 aliphatic heterocycles. The molecule has 2 aromatic rings. The van der Waals surface area contributed by atoms with Crippen LogP contribution in [0.15, 0.2) is 48.7 Å². The maximum atomic E-state index is 13.5. The molecule has 1 aromatic heterocycles. The third-order valence-corrected chi connectivity index (χ3v) is 6.78. The van der Waals surface area contributed by atoms with E-state index < -0.39 is 0 Å². The van der Waals surface area contributed by atoms with Crippen LogP contribution in [0.2, 0.25) is 0 Å². The molecule has 2 unspecified atom stereocenters. The van der Waals surface area contributed by atoms with Crippen LogP contribution in [0, 0.1) is 23.6 Å². The van der Waals surface area contributed by atoms with E-state index in [2.05, 4.69) is 17.1 Å². The van der Waals surface area contributed by atoms with Gasteiger partial charge in [0.25, 0.3) is 0 Å². The Morgan fingerprint density at radius 1 is 1.14 bits per heavy atom. The molecule has 4 nitrogen and oxygen atoms in total. The van der Waals surface area contributed by atoms with E-state index >= 15 is 0 Å². The zero-order valence-corrected chi connectivity index (χ0v) is 16.3. The van der Waals surface area contributed by atoms with Gasteiger partial charge in [-0.3, -0.25) is 4.98 Å². The molecule has 0 bridgehead atoms. The number of fused-ring (bicyclic) bond motifs is 2. The third kappa shape index (κ3) is 3.54. The number of benzene rings is 1. The number of piperidine rings is 1. The summed E-state index contributed by atoms with van der Waals surface area (Å²) < 4.78 is 18.8. The van der Waals surface area contributed by atoms with Gasteiger partial charge in [0.15, 0.2) is 0 Å². The first kappa shape index (κ1) is 18.3. The van der Waals surface area contributed by atoms with Crippen LogP contribution in [-0.2, 0) is 4.74 Å². The predicted molar refractivity (Wildman–Crippen MR) is 109 cm³/mol. The van der Waals surface area contributed by atoms with Crippen LogP contribution in [0.1, 0.15) is 31.4 Å². The maximum Gasteiger partial charge on any atom is 0.410 e. The molecule has 1 aromatic carbocycles. The number of hydrogen-bond acceptors (Lipinski definition) is 3. The first-order valence-corrected chi connectivity index (χ1v) is 10.5. The van der Waals surface area contributed by atoms with Crippen molar-refractivity contribution in [3.63, 3.8) is 0 Å². The molecule has 0 radical (unpaired) electrons. The molecule has 1 aliphatic carbocycles. The summed E-state index contributed by atoms with van der Waals surface area (Å²) in [5.74, 6) is 1.25. The number of hydrogen-bond donors (Lipinski definition) is 0. The molecule has 3 fully saturated rings. The van der Waals surface area contributed by atoms with Gasteiger partial charge in [0.2, 0.25) is 0 Å². The van der Waals surface area contributed by atoms with E-state index in [9.17, 15) is 9.18 Å². The van der Waals surface area contributed by atoms with Gasteiger partial charge in [0.05, 0.1) is 11.7 Å². The van der Waals surface area contributed by atoms with Crippen LogP contribution in [0.3, 0.4) is 0 Å². The molecule has 29 heavy (non-hydrogen) atoms. The van der Waals surface area contributed by atoms with E-state index in [4.69, 9.17) is 4.74 Å². The Bertz CT molecular complexity index is 927. The number of carbonyl (C=O) groups is 1. The van der Waals surface area contributed by atoms with E-state index in [0.717, 1.165) is 23.4 Å². The lowest BCUT2D eigenvalue weighted by molar-refractivity contribution is 0.0472. The van der Waals surface area contributed by atoms with Crippen molar-refractivity contribution in [1.82, 2.24) is 9.88 Å². The number of ether oxygens (including phenoxy) is 1. The summed E-state index contributed by atoms with van der Waals surface area (Å²) in [4.78, 5) is 18.6. The number of carbonyl (C=O) groups excluding carboxylic acids is 1. The second kappa shape index (κ2) is 7.62. The zero-order valence-electron chi connectivity index (χ0n) is 16.3. The number of cyclic esters (lactones) is 1. The van der Waals surface area contributed by atoms with E-state index in [1.165, 1.54) is 37.8 Å². The van der Waals surface area contributed by atoms with Gasteiger partial charge in [0, 0.05) is 24.2 Å². The minimum absolute atomic E-state index is 0.143. The highest BCUT2D eigenvalue weighted by molar-refractivity contribution is 5.70. The first-order valence-electron chi connectivity index (χ1n) is 10.5. The van der Waals surface area contributed by atoms with Crippen LogP contribution in [-0.4, -0.2) is 35.2 Å². The Hall–Kier alpha value is -2.69. The van der Waals surface area contributed by atoms with Crippen LogP contribution in [0.4, 0.5) is 9.18 Å². The predicted octanol–water partition coefficient (Wildman–Crippen LogP) is 5.16. The van der Waals surface area contributed by atoms with Crippen LogP contribution < -0.4 is 0 Å². The number of halogens is 1. The lowest BCUT2D eigenvalue weighted by Gasteiger charge is -2.46. The van der Waals surface area contributed by atoms with Crippen molar-refractivity contribution >= 4 is 12.2 Å². The van der Waals surface area contributed by atoms with Gasteiger partial charge in [-0.25, -0.2) is 9.18 Å². The van der Waals surface area contributed by atoms with E-state index in [0.29, 0.717) is 24.4 Å². The Labute approximate surface area is 170 Å². The molecule has 3 aliphatic rings. The smallest absolute Gasteiger partial charge is 0.410 e. The van der Waals surface area contributed by atoms with Crippen LogP contribution >= 0.6 is 0 Å². The summed E-state index contributed by atoms with van der Waals surface area (Å²) in [6.45, 7) is 1.34. The summed E-state index contributed by atoms with van der Waals surface area (Å²) in [6.07, 6.45) is 10.9. The number of nitrogens with zero attached hydrogens (tertiary/aromatic N) is 2. The van der Waals surface area contributed by atoms with Gasteiger partial charge in [-0.1, -0.05) is 37.1 Å². The van der Waals surface area contributed by atoms with Crippen molar-refractivity contribution in [3.05, 3.63) is 60.2 Å². The highest BCUT2D eigenvalue weighted by Crippen LogP contribution is 2.44. The van der Waals surface area contributed by atoms with Crippen LogP contribution in [0.5, 0.6) is 0 Å². The Kier molecular flexibility index (Phi) is 4.82. The van der Waals surface area contributed by atoms with Crippen molar-refractivity contribution in [3.8, 4) is 11.1 Å². The average molecular weight is 392 g/mol. The molecular weight excluding hydrogens is 367 g/mol. The summed E-state index contributed by atoms with van der Waals surface area (Å²) in [5.41, 5.74) is 2.59. The molecule has 3 heterocycles. The minimum Gasteiger partial charge on any atom is -0.447 e. The fraction of sp³-hybridized carbons (Fsp3) is 0.417. The lowest BCUT2D eigenvalue weighted by atomic mass is 9.67. The van der Waals surface area contributed by atoms with Crippen molar-refractivity contribution in [1.29, 1.82) is 0 Å². The molecule has 0 spiro atoms. The zero-order chi connectivity index (χ0) is 19.8. The number of aromatic nitrogens is 1. The van der Waals surface area contributed by atoms with Gasteiger partial charge in [-0.15, -0.1) is 0 Å². The Morgan fingerprint density at radius 2 is 2.03 bits per heavy atom. The quantitative estimate of drug-likeness (QED) is 0.725. The summed E-state index contributed by atoms with van der Waals surface area (Å²) in [5, 5.41) is 0. The fourth-order valence-corrected chi connectivity index (χ4v) is 5.32. The molecule has 2 saturated heterocycles. The second-order valence-electron chi connectivity index (χ2n) is 8.42. The molecule has 0 N–H and O–H groups in total. The largest absolute Gasteiger partial charge is 0.447 e. The molecule has 1 saturated carbocycles. The topological polar surface area (TPSA) is 42.4 Å². The lowest BCUT2D eigenvalue weighted by Crippen LogP contribution is -2.52.